The smallest absolute Gasteiger partial charge is 0.0949 e. The lowest BCUT2D eigenvalue weighted by Gasteiger charge is -2.37. The van der Waals surface area contributed by atoms with Gasteiger partial charge in [-0.05, 0) is 54.1 Å². The molecule has 2 heteroatoms. The first-order valence-electron chi connectivity index (χ1n) is 8.96. The van der Waals surface area contributed by atoms with E-state index in [4.69, 9.17) is 4.74 Å². The molecule has 1 aromatic carbocycles. The minimum Gasteiger partial charge on any atom is -0.371 e. The van der Waals surface area contributed by atoms with E-state index in [0.29, 0.717) is 5.41 Å². The molecule has 1 saturated carbocycles. The minimum atomic E-state index is 0.236. The van der Waals surface area contributed by atoms with Gasteiger partial charge >= 0.3 is 0 Å². The average Bonchev–Trinajstić information content (AvgIpc) is 2.55. The van der Waals surface area contributed by atoms with Crippen molar-refractivity contribution in [2.45, 2.75) is 58.5 Å². The van der Waals surface area contributed by atoms with Crippen LogP contribution in [0.15, 0.2) is 24.3 Å². The zero-order valence-electron chi connectivity index (χ0n) is 14.4. The standard InChI is InChI=1S/C20H31NO/c1-20(2,3)18-9-7-15(8-10-18)16-5-4-6-17(13-16)19-14-21-11-12-22-19/h4-6,13,15,18-19,21H,7-12,14H2,1-3H3. The van der Waals surface area contributed by atoms with Crippen molar-refractivity contribution in [2.75, 3.05) is 19.7 Å². The van der Waals surface area contributed by atoms with Crippen molar-refractivity contribution >= 4 is 0 Å². The quantitative estimate of drug-likeness (QED) is 0.857. The Labute approximate surface area is 135 Å². The van der Waals surface area contributed by atoms with E-state index in [2.05, 4.69) is 50.4 Å². The molecule has 1 atom stereocenters. The van der Waals surface area contributed by atoms with E-state index in [1.54, 1.807) is 0 Å². The van der Waals surface area contributed by atoms with Crippen LogP contribution < -0.4 is 5.32 Å². The summed E-state index contributed by atoms with van der Waals surface area (Å²) in [5.74, 6) is 1.63. The van der Waals surface area contributed by atoms with Crippen LogP contribution >= 0.6 is 0 Å². The van der Waals surface area contributed by atoms with Crippen LogP contribution in [-0.2, 0) is 4.74 Å². The summed E-state index contributed by atoms with van der Waals surface area (Å²) in [7, 11) is 0. The van der Waals surface area contributed by atoms with Gasteiger partial charge < -0.3 is 10.1 Å². The van der Waals surface area contributed by atoms with Crippen molar-refractivity contribution in [3.63, 3.8) is 0 Å². The molecular weight excluding hydrogens is 270 g/mol. The number of benzene rings is 1. The molecule has 1 saturated heterocycles. The first-order chi connectivity index (χ1) is 10.5. The molecule has 1 unspecified atom stereocenters. The second kappa shape index (κ2) is 6.72. The minimum absolute atomic E-state index is 0.236. The van der Waals surface area contributed by atoms with Crippen molar-refractivity contribution < 1.29 is 4.74 Å². The number of hydrogen-bond donors (Lipinski definition) is 1. The van der Waals surface area contributed by atoms with E-state index in [-0.39, 0.29) is 6.10 Å². The Morgan fingerprint density at radius 3 is 2.41 bits per heavy atom. The lowest BCUT2D eigenvalue weighted by molar-refractivity contribution is 0.0276. The molecule has 0 bridgehead atoms. The molecule has 0 spiro atoms. The Kier molecular flexibility index (Phi) is 4.89. The predicted octanol–water partition coefficient (Wildman–Crippen LogP) is 4.67. The molecule has 122 valence electrons. The van der Waals surface area contributed by atoms with Crippen LogP contribution in [0.2, 0.25) is 0 Å². The summed E-state index contributed by atoms with van der Waals surface area (Å²) < 4.78 is 5.91. The Balaban J connectivity index is 1.66. The van der Waals surface area contributed by atoms with Crippen molar-refractivity contribution in [3.05, 3.63) is 35.4 Å². The molecule has 2 nitrogen and oxygen atoms in total. The van der Waals surface area contributed by atoms with Crippen molar-refractivity contribution in [1.82, 2.24) is 5.32 Å². The summed E-state index contributed by atoms with van der Waals surface area (Å²) in [5.41, 5.74) is 3.34. The zero-order chi connectivity index (χ0) is 15.6. The molecule has 0 radical (unpaired) electrons. The van der Waals surface area contributed by atoms with Gasteiger partial charge in [0.1, 0.15) is 0 Å². The highest BCUT2D eigenvalue weighted by molar-refractivity contribution is 5.29. The third kappa shape index (κ3) is 3.72. The lowest BCUT2D eigenvalue weighted by atomic mass is 9.68. The monoisotopic (exact) mass is 301 g/mol. The second-order valence-corrected chi connectivity index (χ2v) is 8.15. The van der Waals surface area contributed by atoms with Crippen molar-refractivity contribution in [3.8, 4) is 0 Å². The second-order valence-electron chi connectivity index (χ2n) is 8.15. The topological polar surface area (TPSA) is 21.3 Å². The molecule has 22 heavy (non-hydrogen) atoms. The van der Waals surface area contributed by atoms with Crippen LogP contribution in [0.1, 0.15) is 69.6 Å². The summed E-state index contributed by atoms with van der Waals surface area (Å²) in [6, 6.07) is 9.17. The van der Waals surface area contributed by atoms with E-state index >= 15 is 0 Å². The molecule has 1 aromatic rings. The molecule has 3 rings (SSSR count). The highest BCUT2D eigenvalue weighted by Crippen LogP contribution is 2.43. The summed E-state index contributed by atoms with van der Waals surface area (Å²) >= 11 is 0. The molecule has 1 N–H and O–H groups in total. The third-order valence-electron chi connectivity index (χ3n) is 5.63. The Hall–Kier alpha value is -0.860. The fourth-order valence-corrected chi connectivity index (χ4v) is 4.09. The summed E-state index contributed by atoms with van der Waals surface area (Å²) in [5, 5.41) is 3.43. The van der Waals surface area contributed by atoms with Gasteiger partial charge in [0.05, 0.1) is 12.7 Å². The van der Waals surface area contributed by atoms with Crippen molar-refractivity contribution in [2.24, 2.45) is 11.3 Å². The SMILES string of the molecule is CC(C)(C)C1CCC(c2cccc(C3CNCCO3)c2)CC1. The van der Waals surface area contributed by atoms with Gasteiger partial charge in [0, 0.05) is 13.1 Å². The van der Waals surface area contributed by atoms with Gasteiger partial charge in [0.2, 0.25) is 0 Å². The van der Waals surface area contributed by atoms with Gasteiger partial charge in [-0.1, -0.05) is 45.0 Å². The largest absolute Gasteiger partial charge is 0.371 e. The van der Waals surface area contributed by atoms with Gasteiger partial charge in [-0.15, -0.1) is 0 Å². The van der Waals surface area contributed by atoms with E-state index in [1.165, 1.54) is 36.8 Å². The van der Waals surface area contributed by atoms with Crippen molar-refractivity contribution in [1.29, 1.82) is 0 Å². The van der Waals surface area contributed by atoms with Gasteiger partial charge in [0.25, 0.3) is 0 Å². The van der Waals surface area contributed by atoms with E-state index in [0.717, 1.165) is 31.5 Å². The van der Waals surface area contributed by atoms with Gasteiger partial charge in [-0.25, -0.2) is 0 Å². The predicted molar refractivity (Wildman–Crippen MR) is 92.2 cm³/mol. The van der Waals surface area contributed by atoms with Crippen LogP contribution in [0.5, 0.6) is 0 Å². The Bertz CT molecular complexity index is 477. The number of ether oxygens (including phenoxy) is 1. The Morgan fingerprint density at radius 1 is 1.05 bits per heavy atom. The zero-order valence-corrected chi connectivity index (χ0v) is 14.4. The summed E-state index contributed by atoms with van der Waals surface area (Å²) in [6.07, 6.45) is 5.67. The summed E-state index contributed by atoms with van der Waals surface area (Å²) in [6.45, 7) is 9.93. The fourth-order valence-electron chi connectivity index (χ4n) is 4.09. The molecule has 0 amide bonds. The first kappa shape index (κ1) is 16.0. The lowest BCUT2D eigenvalue weighted by Crippen LogP contribution is -2.33. The molecule has 2 aliphatic rings. The van der Waals surface area contributed by atoms with E-state index in [9.17, 15) is 0 Å². The van der Waals surface area contributed by atoms with Gasteiger partial charge in [-0.3, -0.25) is 0 Å². The first-order valence-corrected chi connectivity index (χ1v) is 8.96. The molecule has 0 aromatic heterocycles. The van der Waals surface area contributed by atoms with Gasteiger partial charge in [-0.2, -0.15) is 0 Å². The van der Waals surface area contributed by atoms with Gasteiger partial charge in [0.15, 0.2) is 0 Å². The molecule has 1 heterocycles. The maximum Gasteiger partial charge on any atom is 0.0949 e. The van der Waals surface area contributed by atoms with E-state index < -0.39 is 0 Å². The fraction of sp³-hybridized carbons (Fsp3) is 0.700. The highest BCUT2D eigenvalue weighted by Gasteiger charge is 2.30. The Morgan fingerprint density at radius 2 is 1.77 bits per heavy atom. The highest BCUT2D eigenvalue weighted by atomic mass is 16.5. The number of hydrogen-bond acceptors (Lipinski definition) is 2. The van der Waals surface area contributed by atoms with Crippen LogP contribution in [0.3, 0.4) is 0 Å². The number of nitrogens with one attached hydrogen (secondary N) is 1. The molecule has 2 fully saturated rings. The summed E-state index contributed by atoms with van der Waals surface area (Å²) in [4.78, 5) is 0. The van der Waals surface area contributed by atoms with Crippen LogP contribution in [0.4, 0.5) is 0 Å². The number of rotatable bonds is 2. The normalized spacial score (nSPS) is 30.2. The maximum absolute atomic E-state index is 5.91. The maximum atomic E-state index is 5.91. The van der Waals surface area contributed by atoms with Crippen LogP contribution in [0, 0.1) is 11.3 Å². The number of morpholine rings is 1. The third-order valence-corrected chi connectivity index (χ3v) is 5.63. The molecule has 1 aliphatic carbocycles. The average molecular weight is 301 g/mol. The van der Waals surface area contributed by atoms with Crippen LogP contribution in [0.25, 0.3) is 0 Å². The molecule has 1 aliphatic heterocycles. The molecular formula is C20H31NO. The van der Waals surface area contributed by atoms with E-state index in [1.807, 2.05) is 0 Å². The van der Waals surface area contributed by atoms with Crippen LogP contribution in [-0.4, -0.2) is 19.7 Å².